The maximum absolute atomic E-state index is 10.4. The van der Waals surface area contributed by atoms with E-state index < -0.39 is 10.1 Å². The Kier molecular flexibility index (Phi) is 21.1. The van der Waals surface area contributed by atoms with Crippen LogP contribution < -0.4 is 4.57 Å². The lowest BCUT2D eigenvalue weighted by Crippen LogP contribution is -2.29. The molecule has 8 heteroatoms. The summed E-state index contributed by atoms with van der Waals surface area (Å²) in [5.41, 5.74) is 3.12. The molecule has 1 saturated heterocycles. The minimum absolute atomic E-state index is 0.178. The molecule has 1 aromatic carbocycles. The van der Waals surface area contributed by atoms with Crippen LogP contribution in [0.15, 0.2) is 46.2 Å². The number of ether oxygens (including phenoxy) is 2. The molecular weight excluding hydrogens is 579 g/mol. The maximum atomic E-state index is 10.4. The van der Waals surface area contributed by atoms with E-state index in [9.17, 15) is 13.0 Å². The first-order valence-electron chi connectivity index (χ1n) is 17.0. The molecule has 1 aliphatic rings. The lowest BCUT2D eigenvalue weighted by atomic mass is 9.97. The Morgan fingerprint density at radius 1 is 0.884 bits per heavy atom. The number of unbranched alkanes of at least 4 members (excludes halogenated alkanes) is 14. The smallest absolute Gasteiger partial charge is 0.224 e. The predicted molar refractivity (Wildman–Crippen MR) is 176 cm³/mol. The fraction of sp³-hybridized carbons (Fsp3) is 0.743. The van der Waals surface area contributed by atoms with Crippen LogP contribution in [0, 0.1) is 12.8 Å². The molecule has 6 nitrogen and oxygen atoms in total. The van der Waals surface area contributed by atoms with E-state index in [-0.39, 0.29) is 4.90 Å². The first-order chi connectivity index (χ1) is 20.9. The Labute approximate surface area is 267 Å². The quantitative estimate of drug-likeness (QED) is 0.0690. The summed E-state index contributed by atoms with van der Waals surface area (Å²) in [6.45, 7) is 7.94. The van der Waals surface area contributed by atoms with Crippen LogP contribution in [0.5, 0.6) is 0 Å². The summed E-state index contributed by atoms with van der Waals surface area (Å²) in [6.07, 6.45) is 27.3. The molecule has 0 N–H and O–H groups in total. The number of hydrogen-bond donors (Lipinski definition) is 0. The molecule has 0 unspecified atom stereocenters. The second-order valence-electron chi connectivity index (χ2n) is 12.3. The van der Waals surface area contributed by atoms with Gasteiger partial charge in [0, 0.05) is 19.6 Å². The van der Waals surface area contributed by atoms with Gasteiger partial charge in [-0.15, -0.1) is 0 Å². The SMILES string of the molecule is CCCCCCCCCCCCCC[C@H]1CO[C@@H](COCCCCCC[n+]2ccsc2)C1.Cc1ccc(S(=O)(=O)[O-])cc1. The highest BCUT2D eigenvalue weighted by atomic mass is 32.2. The fourth-order valence-electron chi connectivity index (χ4n) is 5.53. The van der Waals surface area contributed by atoms with Gasteiger partial charge in [0.1, 0.15) is 16.7 Å². The fourth-order valence-corrected chi connectivity index (χ4v) is 6.63. The van der Waals surface area contributed by atoms with Crippen LogP contribution in [0.2, 0.25) is 0 Å². The van der Waals surface area contributed by atoms with Crippen molar-refractivity contribution < 1.29 is 27.0 Å². The Bertz CT molecular complexity index is 1010. The summed E-state index contributed by atoms with van der Waals surface area (Å²) in [5.74, 6) is 0.779. The molecule has 1 aromatic heterocycles. The van der Waals surface area contributed by atoms with Gasteiger partial charge in [0.15, 0.2) is 6.20 Å². The van der Waals surface area contributed by atoms with Gasteiger partial charge in [-0.25, -0.2) is 8.42 Å². The summed E-state index contributed by atoms with van der Waals surface area (Å²) < 4.78 is 45.3. The second-order valence-corrected chi connectivity index (χ2v) is 14.4. The first-order valence-corrected chi connectivity index (χ1v) is 19.4. The largest absolute Gasteiger partial charge is 0.744 e. The number of benzene rings is 1. The van der Waals surface area contributed by atoms with Crippen LogP contribution in [0.4, 0.5) is 0 Å². The lowest BCUT2D eigenvalue weighted by Gasteiger charge is -2.10. The van der Waals surface area contributed by atoms with Gasteiger partial charge in [-0.2, -0.15) is 4.57 Å². The van der Waals surface area contributed by atoms with Gasteiger partial charge in [-0.05, 0) is 50.7 Å². The average molecular weight is 638 g/mol. The highest BCUT2D eigenvalue weighted by Crippen LogP contribution is 2.25. The first kappa shape index (κ1) is 37.9. The molecule has 2 heterocycles. The van der Waals surface area contributed by atoms with Gasteiger partial charge in [0.05, 0.1) is 23.0 Å². The van der Waals surface area contributed by atoms with E-state index in [0.29, 0.717) is 6.10 Å². The third-order valence-electron chi connectivity index (χ3n) is 8.23. The van der Waals surface area contributed by atoms with Gasteiger partial charge < -0.3 is 14.0 Å². The van der Waals surface area contributed by atoms with Crippen molar-refractivity contribution in [3.8, 4) is 0 Å². The van der Waals surface area contributed by atoms with Crippen LogP contribution in [-0.4, -0.2) is 38.9 Å². The van der Waals surface area contributed by atoms with Crippen LogP contribution in [0.3, 0.4) is 0 Å². The standard InChI is InChI=1S/C28H52NO2S.C7H8O3S/c1-2-3-4-5-6-7-8-9-10-11-12-15-18-27-23-28(31-24-27)25-30-21-17-14-13-16-19-29-20-22-32-26-29;1-6-2-4-7(5-3-6)11(8,9)10/h20,22,26-28H,2-19,21,23-25H2,1H3;2-5H,1H3,(H,8,9,10)/q+1;/p-1/t27-,28-;/m1./s1. The topological polar surface area (TPSA) is 79.5 Å². The molecule has 0 aliphatic carbocycles. The van der Waals surface area contributed by atoms with Crippen molar-refractivity contribution in [3.05, 3.63) is 46.9 Å². The minimum Gasteiger partial charge on any atom is -0.744 e. The monoisotopic (exact) mass is 637 g/mol. The van der Waals surface area contributed by atoms with Crippen LogP contribution in [-0.2, 0) is 26.1 Å². The Balaban J connectivity index is 0.000000490. The minimum atomic E-state index is -4.27. The maximum Gasteiger partial charge on any atom is 0.224 e. The van der Waals surface area contributed by atoms with Gasteiger partial charge in [-0.3, -0.25) is 0 Å². The number of thiazole rings is 1. The van der Waals surface area contributed by atoms with Gasteiger partial charge in [-0.1, -0.05) is 119 Å². The van der Waals surface area contributed by atoms with Crippen molar-refractivity contribution in [3.63, 3.8) is 0 Å². The zero-order chi connectivity index (χ0) is 31.0. The van der Waals surface area contributed by atoms with E-state index in [0.717, 1.165) is 37.8 Å². The molecule has 43 heavy (non-hydrogen) atoms. The third kappa shape index (κ3) is 19.6. The van der Waals surface area contributed by atoms with Crippen molar-refractivity contribution in [2.75, 3.05) is 19.8 Å². The Morgan fingerprint density at radius 3 is 2.09 bits per heavy atom. The van der Waals surface area contributed by atoms with E-state index in [1.807, 2.05) is 6.92 Å². The Hall–Kier alpha value is -1.32. The van der Waals surface area contributed by atoms with Gasteiger partial charge in [0.25, 0.3) is 0 Å². The van der Waals surface area contributed by atoms with Crippen LogP contribution >= 0.6 is 11.3 Å². The van der Waals surface area contributed by atoms with Gasteiger partial charge >= 0.3 is 0 Å². The van der Waals surface area contributed by atoms with E-state index in [1.165, 1.54) is 128 Å². The molecule has 0 spiro atoms. The number of aryl methyl sites for hydroxylation is 2. The molecule has 0 saturated carbocycles. The number of hydrogen-bond acceptors (Lipinski definition) is 6. The summed E-state index contributed by atoms with van der Waals surface area (Å²) >= 11 is 1.77. The number of aromatic nitrogens is 1. The Morgan fingerprint density at radius 2 is 1.49 bits per heavy atom. The van der Waals surface area contributed by atoms with Gasteiger partial charge in [0.2, 0.25) is 5.51 Å². The predicted octanol–water partition coefficient (Wildman–Crippen LogP) is 9.01. The van der Waals surface area contributed by atoms with Crippen molar-refractivity contribution in [1.29, 1.82) is 0 Å². The molecule has 3 rings (SSSR count). The third-order valence-corrected chi connectivity index (χ3v) is 9.75. The molecule has 1 aliphatic heterocycles. The van der Waals surface area contributed by atoms with Crippen LogP contribution in [0.1, 0.15) is 128 Å². The van der Waals surface area contributed by atoms with E-state index in [1.54, 1.807) is 23.5 Å². The molecule has 0 radical (unpaired) electrons. The highest BCUT2D eigenvalue weighted by Gasteiger charge is 2.25. The van der Waals surface area contributed by atoms with Crippen molar-refractivity contribution in [2.45, 2.75) is 147 Å². The van der Waals surface area contributed by atoms with Crippen LogP contribution in [0.25, 0.3) is 0 Å². The summed E-state index contributed by atoms with van der Waals surface area (Å²) in [7, 11) is -4.27. The number of rotatable bonds is 23. The van der Waals surface area contributed by atoms with E-state index >= 15 is 0 Å². The number of nitrogens with zero attached hydrogens (tertiary/aromatic N) is 1. The zero-order valence-electron chi connectivity index (χ0n) is 27.1. The summed E-state index contributed by atoms with van der Waals surface area (Å²) in [5, 5.41) is 2.14. The molecule has 2 atom stereocenters. The molecule has 0 bridgehead atoms. The molecule has 246 valence electrons. The second kappa shape index (κ2) is 24.0. The van der Waals surface area contributed by atoms with Crippen molar-refractivity contribution in [1.82, 2.24) is 0 Å². The normalized spacial score (nSPS) is 16.7. The van der Waals surface area contributed by atoms with Crippen molar-refractivity contribution in [2.24, 2.45) is 5.92 Å². The highest BCUT2D eigenvalue weighted by molar-refractivity contribution is 7.85. The van der Waals surface area contributed by atoms with E-state index in [2.05, 4.69) is 28.6 Å². The van der Waals surface area contributed by atoms with Crippen molar-refractivity contribution >= 4 is 21.5 Å². The average Bonchev–Trinajstić information content (AvgIpc) is 3.67. The molecular formula is C35H59NO5S2. The molecule has 0 amide bonds. The van der Waals surface area contributed by atoms with E-state index in [4.69, 9.17) is 9.47 Å². The zero-order valence-corrected chi connectivity index (χ0v) is 28.7. The lowest BCUT2D eigenvalue weighted by molar-refractivity contribution is -0.692. The molecule has 2 aromatic rings. The molecule has 1 fully saturated rings. The summed E-state index contributed by atoms with van der Waals surface area (Å²) in [4.78, 5) is -0.178. The summed E-state index contributed by atoms with van der Waals surface area (Å²) in [6, 6.07) is 5.78.